The van der Waals surface area contributed by atoms with Gasteiger partial charge in [0.1, 0.15) is 0 Å². The lowest BCUT2D eigenvalue weighted by molar-refractivity contribution is 0.796. The summed E-state index contributed by atoms with van der Waals surface area (Å²) >= 11 is 0. The minimum Gasteiger partial charge on any atom is -0.257 e. The van der Waals surface area contributed by atoms with Crippen LogP contribution in [0.2, 0.25) is 0 Å². The SMILES string of the molecule is C=CC=N/C(=C/C(=C\C)CCCC)C(=C)C. The van der Waals surface area contributed by atoms with E-state index in [-0.39, 0.29) is 0 Å². The van der Waals surface area contributed by atoms with Crippen LogP contribution in [0.1, 0.15) is 40.0 Å². The molecular weight excluding hydrogens is 194 g/mol. The number of unbranched alkanes of at least 4 members (excludes halogenated alkanes) is 1. The number of allylic oxidation sites excluding steroid dienone is 5. The fraction of sp³-hybridized carbons (Fsp3) is 0.400. The van der Waals surface area contributed by atoms with Crippen LogP contribution in [0.5, 0.6) is 0 Å². The van der Waals surface area contributed by atoms with Gasteiger partial charge in [-0.3, -0.25) is 4.99 Å². The van der Waals surface area contributed by atoms with Crippen LogP contribution in [0, 0.1) is 0 Å². The van der Waals surface area contributed by atoms with Crippen molar-refractivity contribution < 1.29 is 0 Å². The topological polar surface area (TPSA) is 12.4 Å². The third-order valence-electron chi connectivity index (χ3n) is 2.27. The fourth-order valence-electron chi connectivity index (χ4n) is 1.26. The van der Waals surface area contributed by atoms with Crippen LogP contribution in [0.3, 0.4) is 0 Å². The van der Waals surface area contributed by atoms with Crippen molar-refractivity contribution in [2.45, 2.75) is 40.0 Å². The Kier molecular flexibility index (Phi) is 8.14. The van der Waals surface area contributed by atoms with Crippen LogP contribution in [0.15, 0.2) is 53.2 Å². The third-order valence-corrected chi connectivity index (χ3v) is 2.27. The lowest BCUT2D eigenvalue weighted by atomic mass is 10.1. The van der Waals surface area contributed by atoms with Gasteiger partial charge >= 0.3 is 0 Å². The standard InChI is InChI=1S/C15H23N/c1-6-9-10-14(8-3)12-15(13(4)5)16-11-7-2/h7-8,11-12H,2,4,6,9-10H2,1,3,5H3/b14-8-,15-12+,16-11?. The highest BCUT2D eigenvalue weighted by molar-refractivity contribution is 5.72. The van der Waals surface area contributed by atoms with Gasteiger partial charge in [0.05, 0.1) is 5.70 Å². The lowest BCUT2D eigenvalue weighted by Gasteiger charge is -2.04. The highest BCUT2D eigenvalue weighted by Gasteiger charge is 1.97. The van der Waals surface area contributed by atoms with E-state index in [1.807, 2.05) is 6.92 Å². The molecule has 0 unspecified atom stereocenters. The van der Waals surface area contributed by atoms with Crippen LogP contribution in [0.4, 0.5) is 0 Å². The first-order valence-corrected chi connectivity index (χ1v) is 5.83. The molecule has 1 nitrogen and oxygen atoms in total. The summed E-state index contributed by atoms with van der Waals surface area (Å²) in [5.41, 5.74) is 3.24. The maximum Gasteiger partial charge on any atom is 0.0655 e. The van der Waals surface area contributed by atoms with E-state index < -0.39 is 0 Å². The number of hydrogen-bond acceptors (Lipinski definition) is 1. The van der Waals surface area contributed by atoms with Crippen LogP contribution >= 0.6 is 0 Å². The van der Waals surface area contributed by atoms with Gasteiger partial charge in [-0.25, -0.2) is 0 Å². The molecule has 1 heteroatoms. The second kappa shape index (κ2) is 8.90. The van der Waals surface area contributed by atoms with Crippen molar-refractivity contribution in [1.82, 2.24) is 0 Å². The summed E-state index contributed by atoms with van der Waals surface area (Å²) in [5.74, 6) is 0. The molecule has 0 fully saturated rings. The Bertz CT molecular complexity index is 316. The van der Waals surface area contributed by atoms with Gasteiger partial charge in [0, 0.05) is 6.21 Å². The third kappa shape index (κ3) is 6.18. The van der Waals surface area contributed by atoms with E-state index in [1.54, 1.807) is 12.3 Å². The molecule has 0 radical (unpaired) electrons. The molecule has 0 aliphatic rings. The maximum atomic E-state index is 4.32. The van der Waals surface area contributed by atoms with Gasteiger partial charge in [0.25, 0.3) is 0 Å². The summed E-state index contributed by atoms with van der Waals surface area (Å²) in [5, 5.41) is 0. The maximum absolute atomic E-state index is 4.32. The molecule has 0 aromatic rings. The van der Waals surface area contributed by atoms with Gasteiger partial charge in [-0.1, -0.05) is 44.2 Å². The monoisotopic (exact) mass is 217 g/mol. The predicted octanol–water partition coefficient (Wildman–Crippen LogP) is 4.84. The highest BCUT2D eigenvalue weighted by Crippen LogP contribution is 2.16. The van der Waals surface area contributed by atoms with Crippen molar-refractivity contribution in [1.29, 1.82) is 0 Å². The van der Waals surface area contributed by atoms with E-state index in [0.29, 0.717) is 0 Å². The van der Waals surface area contributed by atoms with Gasteiger partial charge < -0.3 is 0 Å². The molecule has 0 rings (SSSR count). The van der Waals surface area contributed by atoms with Gasteiger partial charge in [0.15, 0.2) is 0 Å². The Labute approximate surface area is 100.0 Å². The molecule has 0 heterocycles. The van der Waals surface area contributed by atoms with E-state index >= 15 is 0 Å². The first kappa shape index (κ1) is 14.6. The van der Waals surface area contributed by atoms with Crippen molar-refractivity contribution in [2.75, 3.05) is 0 Å². The van der Waals surface area contributed by atoms with E-state index in [2.05, 4.69) is 44.1 Å². The molecule has 0 bridgehead atoms. The summed E-state index contributed by atoms with van der Waals surface area (Å²) in [4.78, 5) is 4.32. The van der Waals surface area contributed by atoms with E-state index in [1.165, 1.54) is 18.4 Å². The molecule has 0 atom stereocenters. The predicted molar refractivity (Wildman–Crippen MR) is 74.9 cm³/mol. The molecule has 0 N–H and O–H groups in total. The second-order valence-electron chi connectivity index (χ2n) is 3.79. The van der Waals surface area contributed by atoms with Crippen molar-refractivity contribution in [3.8, 4) is 0 Å². The van der Waals surface area contributed by atoms with Crippen LogP contribution in [-0.2, 0) is 0 Å². The van der Waals surface area contributed by atoms with E-state index in [4.69, 9.17) is 0 Å². The first-order valence-electron chi connectivity index (χ1n) is 5.83. The Morgan fingerprint density at radius 3 is 2.50 bits per heavy atom. The summed E-state index contributed by atoms with van der Waals surface area (Å²) in [7, 11) is 0. The molecule has 0 amide bonds. The normalized spacial score (nSPS) is 13.2. The molecule has 0 saturated heterocycles. The second-order valence-corrected chi connectivity index (χ2v) is 3.79. The average molecular weight is 217 g/mol. The molecule has 16 heavy (non-hydrogen) atoms. The number of nitrogens with zero attached hydrogens (tertiary/aromatic N) is 1. The molecule has 88 valence electrons. The van der Waals surface area contributed by atoms with Gasteiger partial charge in [-0.15, -0.1) is 0 Å². The fourth-order valence-corrected chi connectivity index (χ4v) is 1.26. The lowest BCUT2D eigenvalue weighted by Crippen LogP contribution is -1.85. The minimum absolute atomic E-state index is 0.934. The Morgan fingerprint density at radius 2 is 2.06 bits per heavy atom. The Hall–Kier alpha value is -1.37. The summed E-state index contributed by atoms with van der Waals surface area (Å²) in [6.45, 7) is 13.8. The number of hydrogen-bond donors (Lipinski definition) is 0. The molecule has 0 spiro atoms. The zero-order valence-electron chi connectivity index (χ0n) is 10.8. The first-order chi connectivity index (χ1) is 7.65. The summed E-state index contributed by atoms with van der Waals surface area (Å²) < 4.78 is 0. The van der Waals surface area contributed by atoms with Crippen LogP contribution in [-0.4, -0.2) is 6.21 Å². The Morgan fingerprint density at radius 1 is 1.38 bits per heavy atom. The highest BCUT2D eigenvalue weighted by atomic mass is 14.7. The number of rotatable bonds is 7. The van der Waals surface area contributed by atoms with Crippen LogP contribution in [0.25, 0.3) is 0 Å². The Balaban J connectivity index is 4.80. The van der Waals surface area contributed by atoms with Gasteiger partial charge in [-0.05, 0) is 38.3 Å². The van der Waals surface area contributed by atoms with Crippen molar-refractivity contribution >= 4 is 6.21 Å². The van der Waals surface area contributed by atoms with E-state index in [0.717, 1.165) is 17.7 Å². The van der Waals surface area contributed by atoms with Crippen molar-refractivity contribution in [3.05, 3.63) is 48.2 Å². The van der Waals surface area contributed by atoms with Gasteiger partial charge in [-0.2, -0.15) is 0 Å². The van der Waals surface area contributed by atoms with E-state index in [9.17, 15) is 0 Å². The zero-order valence-corrected chi connectivity index (χ0v) is 10.8. The molecule has 0 saturated carbocycles. The molecule has 0 aliphatic heterocycles. The molecule has 0 aliphatic carbocycles. The van der Waals surface area contributed by atoms with Gasteiger partial charge in [0.2, 0.25) is 0 Å². The summed E-state index contributed by atoms with van der Waals surface area (Å²) in [6.07, 6.45) is 11.2. The van der Waals surface area contributed by atoms with Crippen LogP contribution < -0.4 is 0 Å². The average Bonchev–Trinajstić information content (AvgIpc) is 2.28. The quantitative estimate of drug-likeness (QED) is 0.427. The van der Waals surface area contributed by atoms with Crippen molar-refractivity contribution in [2.24, 2.45) is 4.99 Å². The summed E-state index contributed by atoms with van der Waals surface area (Å²) in [6, 6.07) is 0. The molecular formula is C15H23N. The van der Waals surface area contributed by atoms with Crippen molar-refractivity contribution in [3.63, 3.8) is 0 Å². The number of aliphatic imine (C=N–C) groups is 1. The minimum atomic E-state index is 0.934. The molecule has 0 aromatic carbocycles. The molecule has 0 aromatic heterocycles. The smallest absolute Gasteiger partial charge is 0.0655 e. The zero-order chi connectivity index (χ0) is 12.4. The largest absolute Gasteiger partial charge is 0.257 e.